The first-order valence-corrected chi connectivity index (χ1v) is 6.08. The lowest BCUT2D eigenvalue weighted by atomic mass is 10.1. The molecule has 100 valence electrons. The maximum Gasteiger partial charge on any atom is 0.314 e. The van der Waals surface area contributed by atoms with Crippen molar-refractivity contribution < 1.29 is 14.3 Å². The molecule has 0 heterocycles. The molecule has 18 heavy (non-hydrogen) atoms. The van der Waals surface area contributed by atoms with Crippen molar-refractivity contribution in [3.05, 3.63) is 35.6 Å². The number of hydrogen-bond donors (Lipinski definition) is 3. The van der Waals surface area contributed by atoms with Crippen LogP contribution in [0.25, 0.3) is 0 Å². The highest BCUT2D eigenvalue weighted by atomic mass is 19.1. The summed E-state index contributed by atoms with van der Waals surface area (Å²) in [5.74, 6) is -0.331. The number of halogens is 1. The van der Waals surface area contributed by atoms with Crippen molar-refractivity contribution in [3.63, 3.8) is 0 Å². The van der Waals surface area contributed by atoms with Gasteiger partial charge in [-0.15, -0.1) is 0 Å². The Kier molecular flexibility index (Phi) is 6.14. The van der Waals surface area contributed by atoms with Crippen molar-refractivity contribution in [1.29, 1.82) is 0 Å². The number of nitrogens with one attached hydrogen (secondary N) is 2. The Morgan fingerprint density at radius 2 is 1.89 bits per heavy atom. The normalized spacial score (nSPS) is 11.9. The number of amides is 2. The monoisotopic (exact) mass is 254 g/mol. The molecular weight excluding hydrogens is 235 g/mol. The summed E-state index contributed by atoms with van der Waals surface area (Å²) in [6.45, 7) is 2.97. The lowest BCUT2D eigenvalue weighted by molar-refractivity contribution is 0.167. The van der Waals surface area contributed by atoms with Crippen LogP contribution in [0.5, 0.6) is 0 Å². The maximum absolute atomic E-state index is 12.7. The molecule has 2 amide bonds. The van der Waals surface area contributed by atoms with Gasteiger partial charge in [0.2, 0.25) is 0 Å². The quantitative estimate of drug-likeness (QED) is 0.726. The van der Waals surface area contributed by atoms with Gasteiger partial charge in [-0.3, -0.25) is 0 Å². The third-order valence-electron chi connectivity index (χ3n) is 2.49. The van der Waals surface area contributed by atoms with Gasteiger partial charge in [0.25, 0.3) is 0 Å². The van der Waals surface area contributed by atoms with Gasteiger partial charge in [0.05, 0.1) is 6.10 Å². The molecule has 0 bridgehead atoms. The lowest BCUT2D eigenvalue weighted by Crippen LogP contribution is -2.36. The minimum absolute atomic E-state index is 0.233. The van der Waals surface area contributed by atoms with Gasteiger partial charge >= 0.3 is 6.03 Å². The molecule has 0 aliphatic carbocycles. The Hall–Kier alpha value is -1.62. The highest BCUT2D eigenvalue weighted by Gasteiger charge is 2.08. The van der Waals surface area contributed by atoms with Gasteiger partial charge in [-0.2, -0.15) is 0 Å². The minimum atomic E-state index is -0.697. The van der Waals surface area contributed by atoms with E-state index in [0.29, 0.717) is 25.1 Å². The lowest BCUT2D eigenvalue weighted by Gasteiger charge is -2.12. The van der Waals surface area contributed by atoms with Gasteiger partial charge in [-0.1, -0.05) is 19.1 Å². The summed E-state index contributed by atoms with van der Waals surface area (Å²) in [7, 11) is 0. The molecule has 3 N–H and O–H groups in total. The molecule has 0 aromatic heterocycles. The predicted molar refractivity (Wildman–Crippen MR) is 67.7 cm³/mol. The molecule has 0 aliphatic heterocycles. The van der Waals surface area contributed by atoms with Crippen LogP contribution < -0.4 is 10.6 Å². The highest BCUT2D eigenvalue weighted by Crippen LogP contribution is 2.15. The Morgan fingerprint density at radius 1 is 1.28 bits per heavy atom. The zero-order chi connectivity index (χ0) is 13.4. The van der Waals surface area contributed by atoms with Crippen LogP contribution >= 0.6 is 0 Å². The summed E-state index contributed by atoms with van der Waals surface area (Å²) in [4.78, 5) is 11.2. The van der Waals surface area contributed by atoms with Crippen LogP contribution in [0.2, 0.25) is 0 Å². The topological polar surface area (TPSA) is 61.4 Å². The van der Waals surface area contributed by atoms with E-state index in [1.54, 1.807) is 0 Å². The number of carbonyl (C=O) groups is 1. The van der Waals surface area contributed by atoms with E-state index in [2.05, 4.69) is 10.6 Å². The molecule has 4 nitrogen and oxygen atoms in total. The van der Waals surface area contributed by atoms with E-state index in [9.17, 15) is 14.3 Å². The van der Waals surface area contributed by atoms with Crippen LogP contribution in [0.1, 0.15) is 31.4 Å². The van der Waals surface area contributed by atoms with Crippen LogP contribution in [-0.2, 0) is 0 Å². The van der Waals surface area contributed by atoms with Crippen molar-refractivity contribution in [3.8, 4) is 0 Å². The van der Waals surface area contributed by atoms with E-state index in [-0.39, 0.29) is 11.8 Å². The van der Waals surface area contributed by atoms with Gasteiger partial charge in [0.15, 0.2) is 0 Å². The zero-order valence-electron chi connectivity index (χ0n) is 10.4. The predicted octanol–water partition coefficient (Wildman–Crippen LogP) is 1.96. The second-order valence-electron chi connectivity index (χ2n) is 4.04. The summed E-state index contributed by atoms with van der Waals surface area (Å²) in [5, 5.41) is 15.1. The molecular formula is C13H19FN2O2. The third-order valence-corrected chi connectivity index (χ3v) is 2.49. The van der Waals surface area contributed by atoms with Gasteiger partial charge in [-0.05, 0) is 30.5 Å². The van der Waals surface area contributed by atoms with E-state index < -0.39 is 6.10 Å². The molecule has 0 aliphatic rings. The van der Waals surface area contributed by atoms with Gasteiger partial charge in [0, 0.05) is 13.1 Å². The zero-order valence-corrected chi connectivity index (χ0v) is 10.4. The van der Waals surface area contributed by atoms with Crippen LogP contribution in [-0.4, -0.2) is 24.2 Å². The number of urea groups is 1. The van der Waals surface area contributed by atoms with Crippen molar-refractivity contribution in [2.45, 2.75) is 25.9 Å². The summed E-state index contributed by atoms with van der Waals surface area (Å²) < 4.78 is 12.7. The number of aliphatic hydroxyl groups is 1. The second kappa shape index (κ2) is 7.66. The molecule has 5 heteroatoms. The smallest absolute Gasteiger partial charge is 0.314 e. The first-order chi connectivity index (χ1) is 8.63. The van der Waals surface area contributed by atoms with Crippen LogP contribution in [0.4, 0.5) is 9.18 Å². The number of benzene rings is 1. The van der Waals surface area contributed by atoms with E-state index in [4.69, 9.17) is 0 Å². The van der Waals surface area contributed by atoms with E-state index in [1.807, 2.05) is 6.92 Å². The fourth-order valence-corrected chi connectivity index (χ4v) is 1.48. The third kappa shape index (κ3) is 5.14. The number of rotatable bonds is 6. The number of carbonyl (C=O) groups excluding carboxylic acids is 1. The molecule has 1 rings (SSSR count). The van der Waals surface area contributed by atoms with Gasteiger partial charge in [0.1, 0.15) is 5.82 Å². The van der Waals surface area contributed by atoms with Crippen molar-refractivity contribution in [2.24, 2.45) is 0 Å². The first-order valence-electron chi connectivity index (χ1n) is 6.08. The number of aliphatic hydroxyl groups excluding tert-OH is 1. The van der Waals surface area contributed by atoms with Crippen molar-refractivity contribution >= 4 is 6.03 Å². The van der Waals surface area contributed by atoms with Crippen LogP contribution in [0.15, 0.2) is 24.3 Å². The largest absolute Gasteiger partial charge is 0.388 e. The maximum atomic E-state index is 12.7. The van der Waals surface area contributed by atoms with Gasteiger partial charge in [-0.25, -0.2) is 9.18 Å². The Morgan fingerprint density at radius 3 is 2.50 bits per heavy atom. The summed E-state index contributed by atoms with van der Waals surface area (Å²) in [6, 6.07) is 5.46. The average Bonchev–Trinajstić information content (AvgIpc) is 2.37. The van der Waals surface area contributed by atoms with Crippen molar-refractivity contribution in [2.75, 3.05) is 13.1 Å². The fraction of sp³-hybridized carbons (Fsp3) is 0.462. The first kappa shape index (κ1) is 14.4. The van der Waals surface area contributed by atoms with E-state index >= 15 is 0 Å². The Labute approximate surface area is 106 Å². The molecule has 1 aromatic rings. The molecule has 0 saturated heterocycles. The van der Waals surface area contributed by atoms with Crippen LogP contribution in [0.3, 0.4) is 0 Å². The van der Waals surface area contributed by atoms with Crippen LogP contribution in [0, 0.1) is 5.82 Å². The molecule has 1 aromatic carbocycles. The molecule has 1 atom stereocenters. The summed E-state index contributed by atoms with van der Waals surface area (Å²) in [6.07, 6.45) is 0.577. The second-order valence-corrected chi connectivity index (χ2v) is 4.04. The molecule has 1 unspecified atom stereocenters. The van der Waals surface area contributed by atoms with Crippen molar-refractivity contribution in [1.82, 2.24) is 10.6 Å². The Balaban J connectivity index is 2.26. The molecule has 0 saturated carbocycles. The Bertz CT molecular complexity index is 368. The highest BCUT2D eigenvalue weighted by molar-refractivity contribution is 5.73. The SMILES string of the molecule is CCCNC(=O)NCCC(O)c1ccc(F)cc1. The minimum Gasteiger partial charge on any atom is -0.388 e. The average molecular weight is 254 g/mol. The number of hydrogen-bond acceptors (Lipinski definition) is 2. The standard InChI is InChI=1S/C13H19FN2O2/c1-2-8-15-13(18)16-9-7-12(17)10-3-5-11(14)6-4-10/h3-6,12,17H,2,7-9H2,1H3,(H2,15,16,18). The van der Waals surface area contributed by atoms with E-state index in [1.165, 1.54) is 24.3 Å². The molecule has 0 radical (unpaired) electrons. The fourth-order valence-electron chi connectivity index (χ4n) is 1.48. The molecule has 0 fully saturated rings. The summed E-state index contributed by atoms with van der Waals surface area (Å²) >= 11 is 0. The molecule has 0 spiro atoms. The summed E-state index contributed by atoms with van der Waals surface area (Å²) in [5.41, 5.74) is 0.646. The van der Waals surface area contributed by atoms with E-state index in [0.717, 1.165) is 6.42 Å². The van der Waals surface area contributed by atoms with Gasteiger partial charge < -0.3 is 15.7 Å².